The molecular weight excluding hydrogens is 142 g/mol. The van der Waals surface area contributed by atoms with Crippen LogP contribution in [0.25, 0.3) is 0 Å². The van der Waals surface area contributed by atoms with Gasteiger partial charge in [-0.25, -0.2) is 0 Å². The summed E-state index contributed by atoms with van der Waals surface area (Å²) in [6.45, 7) is 2.03. The van der Waals surface area contributed by atoms with Crippen LogP contribution in [-0.4, -0.2) is 17.1 Å². The van der Waals surface area contributed by atoms with Gasteiger partial charge in [0.05, 0.1) is 5.92 Å². The van der Waals surface area contributed by atoms with E-state index >= 15 is 0 Å². The van der Waals surface area contributed by atoms with Gasteiger partial charge in [-0.15, -0.1) is 0 Å². The van der Waals surface area contributed by atoms with Gasteiger partial charge in [0.1, 0.15) is 0 Å². The highest BCUT2D eigenvalue weighted by Gasteiger charge is 2.28. The largest absolute Gasteiger partial charge is 0.481 e. The lowest BCUT2D eigenvalue weighted by Gasteiger charge is -2.29. The molecule has 64 valence electrons. The van der Waals surface area contributed by atoms with E-state index in [0.29, 0.717) is 5.92 Å². The van der Waals surface area contributed by atoms with Crippen LogP contribution in [0.15, 0.2) is 0 Å². The van der Waals surface area contributed by atoms with Crippen LogP contribution in [0.4, 0.5) is 0 Å². The van der Waals surface area contributed by atoms with Gasteiger partial charge in [0.15, 0.2) is 0 Å². The molecule has 0 heterocycles. The lowest BCUT2D eigenvalue weighted by molar-refractivity contribution is -0.143. The quantitative estimate of drug-likeness (QED) is 0.592. The van der Waals surface area contributed by atoms with Gasteiger partial charge in [0.2, 0.25) is 0 Å². The molecule has 3 nitrogen and oxygen atoms in total. The van der Waals surface area contributed by atoms with Crippen molar-refractivity contribution in [2.45, 2.75) is 32.2 Å². The molecule has 0 spiro atoms. The second kappa shape index (κ2) is 3.22. The lowest BCUT2D eigenvalue weighted by Crippen LogP contribution is -2.36. The SMILES string of the molecule is CC1CC(C(=O)O)CC[C@@H]1N. The van der Waals surface area contributed by atoms with Crippen LogP contribution in [-0.2, 0) is 4.79 Å². The Morgan fingerprint density at radius 1 is 1.55 bits per heavy atom. The summed E-state index contributed by atoms with van der Waals surface area (Å²) < 4.78 is 0. The van der Waals surface area contributed by atoms with Crippen molar-refractivity contribution in [2.24, 2.45) is 17.6 Å². The van der Waals surface area contributed by atoms with E-state index in [4.69, 9.17) is 10.8 Å². The smallest absolute Gasteiger partial charge is 0.306 e. The van der Waals surface area contributed by atoms with Crippen molar-refractivity contribution in [3.8, 4) is 0 Å². The number of carboxylic acid groups (broad SMARTS) is 1. The van der Waals surface area contributed by atoms with Crippen molar-refractivity contribution >= 4 is 5.97 Å². The van der Waals surface area contributed by atoms with Crippen molar-refractivity contribution in [3.05, 3.63) is 0 Å². The molecule has 0 radical (unpaired) electrons. The summed E-state index contributed by atoms with van der Waals surface area (Å²) in [4.78, 5) is 10.6. The zero-order valence-corrected chi connectivity index (χ0v) is 6.79. The molecule has 1 saturated carbocycles. The fraction of sp³-hybridized carbons (Fsp3) is 0.875. The second-order valence-electron chi connectivity index (χ2n) is 3.49. The Morgan fingerprint density at radius 3 is 2.64 bits per heavy atom. The van der Waals surface area contributed by atoms with Crippen molar-refractivity contribution < 1.29 is 9.90 Å². The first-order valence-corrected chi connectivity index (χ1v) is 4.09. The maximum Gasteiger partial charge on any atom is 0.306 e. The summed E-state index contributed by atoms with van der Waals surface area (Å²) in [6.07, 6.45) is 2.36. The Labute approximate surface area is 66.6 Å². The Hall–Kier alpha value is -0.570. The van der Waals surface area contributed by atoms with E-state index < -0.39 is 5.97 Å². The van der Waals surface area contributed by atoms with E-state index in [2.05, 4.69) is 0 Å². The van der Waals surface area contributed by atoms with E-state index in [1.165, 1.54) is 0 Å². The monoisotopic (exact) mass is 157 g/mol. The Morgan fingerprint density at radius 2 is 2.18 bits per heavy atom. The number of hydrogen-bond donors (Lipinski definition) is 2. The van der Waals surface area contributed by atoms with Gasteiger partial charge in [-0.2, -0.15) is 0 Å². The van der Waals surface area contributed by atoms with E-state index in [1.807, 2.05) is 6.92 Å². The van der Waals surface area contributed by atoms with Crippen LogP contribution in [0.2, 0.25) is 0 Å². The third kappa shape index (κ3) is 1.93. The van der Waals surface area contributed by atoms with Crippen molar-refractivity contribution in [1.82, 2.24) is 0 Å². The molecule has 2 unspecified atom stereocenters. The van der Waals surface area contributed by atoms with Gasteiger partial charge in [0, 0.05) is 6.04 Å². The normalized spacial score (nSPS) is 38.5. The molecule has 0 saturated heterocycles. The number of hydrogen-bond acceptors (Lipinski definition) is 2. The van der Waals surface area contributed by atoms with Crippen LogP contribution >= 0.6 is 0 Å². The highest BCUT2D eigenvalue weighted by molar-refractivity contribution is 5.70. The van der Waals surface area contributed by atoms with Crippen molar-refractivity contribution in [1.29, 1.82) is 0 Å². The van der Waals surface area contributed by atoms with Gasteiger partial charge in [0.25, 0.3) is 0 Å². The zero-order chi connectivity index (χ0) is 8.43. The highest BCUT2D eigenvalue weighted by Crippen LogP contribution is 2.27. The summed E-state index contributed by atoms with van der Waals surface area (Å²) in [6, 6.07) is 0.214. The number of rotatable bonds is 1. The number of nitrogens with two attached hydrogens (primary N) is 1. The first-order chi connectivity index (χ1) is 5.11. The van der Waals surface area contributed by atoms with E-state index in [9.17, 15) is 4.79 Å². The third-order valence-corrected chi connectivity index (χ3v) is 2.58. The molecule has 1 fully saturated rings. The number of aliphatic carboxylic acids is 1. The first kappa shape index (κ1) is 8.53. The maximum absolute atomic E-state index is 10.6. The van der Waals surface area contributed by atoms with Crippen LogP contribution in [0.5, 0.6) is 0 Å². The summed E-state index contributed by atoms with van der Waals surface area (Å²) in [5, 5.41) is 8.70. The fourth-order valence-corrected chi connectivity index (χ4v) is 1.64. The van der Waals surface area contributed by atoms with E-state index in [-0.39, 0.29) is 12.0 Å². The van der Waals surface area contributed by atoms with E-state index in [0.717, 1.165) is 19.3 Å². The molecule has 0 amide bonds. The van der Waals surface area contributed by atoms with Gasteiger partial charge in [-0.3, -0.25) is 4.79 Å². The Balaban J connectivity index is 2.46. The van der Waals surface area contributed by atoms with Crippen LogP contribution in [0.3, 0.4) is 0 Å². The van der Waals surface area contributed by atoms with Gasteiger partial charge < -0.3 is 10.8 Å². The van der Waals surface area contributed by atoms with Crippen molar-refractivity contribution in [2.75, 3.05) is 0 Å². The number of carboxylic acids is 1. The maximum atomic E-state index is 10.6. The summed E-state index contributed by atoms with van der Waals surface area (Å²) >= 11 is 0. The minimum absolute atomic E-state index is 0.148. The predicted octanol–water partition coefficient (Wildman–Crippen LogP) is 0.835. The second-order valence-corrected chi connectivity index (χ2v) is 3.49. The topological polar surface area (TPSA) is 63.3 Å². The Kier molecular flexibility index (Phi) is 2.49. The molecule has 0 aromatic carbocycles. The van der Waals surface area contributed by atoms with Crippen LogP contribution in [0, 0.1) is 11.8 Å². The molecule has 0 aromatic rings. The number of carbonyl (C=O) groups is 1. The summed E-state index contributed by atoms with van der Waals surface area (Å²) in [5.74, 6) is -0.446. The molecule has 3 N–H and O–H groups in total. The molecule has 1 aliphatic rings. The minimum Gasteiger partial charge on any atom is -0.481 e. The lowest BCUT2D eigenvalue weighted by atomic mass is 9.79. The molecule has 1 rings (SSSR count). The highest BCUT2D eigenvalue weighted by atomic mass is 16.4. The molecule has 0 aromatic heterocycles. The summed E-state index contributed by atoms with van der Waals surface area (Å²) in [5.41, 5.74) is 5.75. The Bertz CT molecular complexity index is 158. The first-order valence-electron chi connectivity index (χ1n) is 4.09. The minimum atomic E-state index is -0.663. The van der Waals surface area contributed by atoms with Crippen molar-refractivity contribution in [3.63, 3.8) is 0 Å². The molecule has 0 aliphatic heterocycles. The van der Waals surface area contributed by atoms with Crippen LogP contribution < -0.4 is 5.73 Å². The van der Waals surface area contributed by atoms with E-state index in [1.54, 1.807) is 0 Å². The summed E-state index contributed by atoms with van der Waals surface area (Å²) in [7, 11) is 0. The molecule has 3 heteroatoms. The molecule has 0 bridgehead atoms. The third-order valence-electron chi connectivity index (χ3n) is 2.58. The average molecular weight is 157 g/mol. The predicted molar refractivity (Wildman–Crippen MR) is 42.1 cm³/mol. The van der Waals surface area contributed by atoms with Gasteiger partial charge >= 0.3 is 5.97 Å². The molecule has 1 aliphatic carbocycles. The van der Waals surface area contributed by atoms with Gasteiger partial charge in [-0.1, -0.05) is 6.92 Å². The fourth-order valence-electron chi connectivity index (χ4n) is 1.64. The molecule has 11 heavy (non-hydrogen) atoms. The zero-order valence-electron chi connectivity index (χ0n) is 6.79. The molecule has 3 atom stereocenters. The average Bonchev–Trinajstić information content (AvgIpc) is 1.94. The standard InChI is InChI=1S/C8H15NO2/c1-5-4-6(8(10)11)2-3-7(5)9/h5-7H,2-4,9H2,1H3,(H,10,11)/t5?,6?,7-/m0/s1. The molecular formula is C8H15NO2. The van der Waals surface area contributed by atoms with Crippen LogP contribution in [0.1, 0.15) is 26.2 Å². The van der Waals surface area contributed by atoms with Gasteiger partial charge in [-0.05, 0) is 25.2 Å².